The lowest BCUT2D eigenvalue weighted by atomic mass is 9.88. The third-order valence-corrected chi connectivity index (χ3v) is 4.97. The number of anilines is 1. The van der Waals surface area contributed by atoms with Gasteiger partial charge < -0.3 is 9.72 Å². The van der Waals surface area contributed by atoms with Gasteiger partial charge in [0.2, 0.25) is 11.8 Å². The Balaban J connectivity index is 1.80. The molecule has 2 unspecified atom stereocenters. The van der Waals surface area contributed by atoms with Gasteiger partial charge in [-0.2, -0.15) is 0 Å². The number of benzene rings is 2. The molecular weight excluding hydrogens is 374 g/mol. The number of esters is 1. The number of aromatic amines is 1. The van der Waals surface area contributed by atoms with Gasteiger partial charge in [-0.15, -0.1) is 0 Å². The summed E-state index contributed by atoms with van der Waals surface area (Å²) in [5.41, 5.74) is 0.639. The zero-order valence-electron chi connectivity index (χ0n) is 15.5. The number of carbonyl (C=O) groups excluding carboxylic acids is 3. The number of amides is 2. The SMILES string of the molecule is COC(=O)C(c1nc2ccccc2[nH]c1=O)C1CC(=O)N(c2ccccc2)C1=O. The van der Waals surface area contributed by atoms with Crippen LogP contribution in [-0.2, 0) is 19.1 Å². The highest BCUT2D eigenvalue weighted by Crippen LogP contribution is 2.35. The molecule has 3 aromatic rings. The molecule has 1 fully saturated rings. The van der Waals surface area contributed by atoms with Crippen molar-refractivity contribution >= 4 is 34.5 Å². The first-order valence-electron chi connectivity index (χ1n) is 9.00. The highest BCUT2D eigenvalue weighted by Gasteiger charge is 2.48. The third-order valence-electron chi connectivity index (χ3n) is 4.97. The Labute approximate surface area is 165 Å². The van der Waals surface area contributed by atoms with E-state index >= 15 is 0 Å². The van der Waals surface area contributed by atoms with Gasteiger partial charge in [0.1, 0.15) is 11.6 Å². The molecule has 1 aliphatic rings. The summed E-state index contributed by atoms with van der Waals surface area (Å²) in [6.45, 7) is 0. The van der Waals surface area contributed by atoms with Crippen LogP contribution in [0.2, 0.25) is 0 Å². The van der Waals surface area contributed by atoms with Crippen molar-refractivity contribution in [2.75, 3.05) is 12.0 Å². The van der Waals surface area contributed by atoms with Crippen molar-refractivity contribution in [2.24, 2.45) is 5.92 Å². The predicted molar refractivity (Wildman–Crippen MR) is 104 cm³/mol. The molecule has 8 nitrogen and oxygen atoms in total. The molecule has 4 rings (SSSR count). The van der Waals surface area contributed by atoms with Crippen LogP contribution in [0.15, 0.2) is 59.4 Å². The molecule has 0 spiro atoms. The first kappa shape index (κ1) is 18.5. The average Bonchev–Trinajstić information content (AvgIpc) is 3.02. The summed E-state index contributed by atoms with van der Waals surface area (Å²) >= 11 is 0. The maximum absolute atomic E-state index is 13.1. The fourth-order valence-electron chi connectivity index (χ4n) is 3.61. The Kier molecular flexibility index (Phi) is 4.67. The van der Waals surface area contributed by atoms with Crippen LogP contribution < -0.4 is 10.5 Å². The predicted octanol–water partition coefficient (Wildman–Crippen LogP) is 1.76. The molecule has 0 saturated carbocycles. The Morgan fingerprint density at radius 1 is 1.10 bits per heavy atom. The van der Waals surface area contributed by atoms with E-state index in [1.807, 2.05) is 0 Å². The Bertz CT molecular complexity index is 1170. The number of nitrogens with one attached hydrogen (secondary N) is 1. The first-order chi connectivity index (χ1) is 14.0. The normalized spacial score (nSPS) is 17.6. The van der Waals surface area contributed by atoms with Gasteiger partial charge in [0.25, 0.3) is 5.56 Å². The lowest BCUT2D eigenvalue weighted by Gasteiger charge is -2.20. The molecule has 29 heavy (non-hydrogen) atoms. The summed E-state index contributed by atoms with van der Waals surface area (Å²) in [6.07, 6.45) is -0.221. The van der Waals surface area contributed by atoms with E-state index < -0.39 is 35.2 Å². The maximum atomic E-state index is 13.1. The molecule has 2 atom stereocenters. The summed E-state index contributed by atoms with van der Waals surface area (Å²) in [4.78, 5) is 58.9. The largest absolute Gasteiger partial charge is 0.468 e. The first-order valence-corrected chi connectivity index (χ1v) is 9.00. The molecule has 0 radical (unpaired) electrons. The molecule has 2 aromatic carbocycles. The van der Waals surface area contributed by atoms with Gasteiger partial charge >= 0.3 is 5.97 Å². The highest BCUT2D eigenvalue weighted by atomic mass is 16.5. The summed E-state index contributed by atoms with van der Waals surface area (Å²) in [7, 11) is 1.17. The van der Waals surface area contributed by atoms with Crippen molar-refractivity contribution in [3.8, 4) is 0 Å². The van der Waals surface area contributed by atoms with E-state index in [9.17, 15) is 19.2 Å². The van der Waals surface area contributed by atoms with Gasteiger partial charge in [0, 0.05) is 6.42 Å². The molecule has 1 aromatic heterocycles. The van der Waals surface area contributed by atoms with E-state index in [0.717, 1.165) is 4.90 Å². The van der Waals surface area contributed by atoms with Gasteiger partial charge in [0.05, 0.1) is 29.7 Å². The number of ether oxygens (including phenoxy) is 1. The minimum atomic E-state index is -1.29. The topological polar surface area (TPSA) is 109 Å². The lowest BCUT2D eigenvalue weighted by molar-refractivity contribution is -0.145. The van der Waals surface area contributed by atoms with Crippen molar-refractivity contribution < 1.29 is 19.1 Å². The van der Waals surface area contributed by atoms with Crippen molar-refractivity contribution in [1.82, 2.24) is 9.97 Å². The van der Waals surface area contributed by atoms with E-state index in [0.29, 0.717) is 16.7 Å². The monoisotopic (exact) mass is 391 g/mol. The molecule has 0 bridgehead atoms. The fraction of sp³-hybridized carbons (Fsp3) is 0.190. The number of aromatic nitrogens is 2. The second-order valence-electron chi connectivity index (χ2n) is 6.68. The lowest BCUT2D eigenvalue weighted by Crippen LogP contribution is -2.36. The number of H-pyrrole nitrogens is 1. The van der Waals surface area contributed by atoms with Gasteiger partial charge in [0.15, 0.2) is 0 Å². The molecule has 146 valence electrons. The molecule has 0 aliphatic carbocycles. The summed E-state index contributed by atoms with van der Waals surface area (Å²) in [5.74, 6) is -4.17. The van der Waals surface area contributed by atoms with Gasteiger partial charge in [-0.25, -0.2) is 4.98 Å². The van der Waals surface area contributed by atoms with Crippen molar-refractivity contribution in [3.63, 3.8) is 0 Å². The van der Waals surface area contributed by atoms with Crippen LogP contribution in [0.4, 0.5) is 5.69 Å². The number of para-hydroxylation sites is 3. The zero-order chi connectivity index (χ0) is 20.5. The number of hydrogen-bond acceptors (Lipinski definition) is 6. The van der Waals surface area contributed by atoms with Crippen LogP contribution in [0.1, 0.15) is 18.0 Å². The van der Waals surface area contributed by atoms with Gasteiger partial charge in [-0.1, -0.05) is 30.3 Å². The van der Waals surface area contributed by atoms with Crippen molar-refractivity contribution in [2.45, 2.75) is 12.3 Å². The van der Waals surface area contributed by atoms with Crippen LogP contribution in [0.25, 0.3) is 11.0 Å². The molecule has 2 heterocycles. The highest BCUT2D eigenvalue weighted by molar-refractivity contribution is 6.22. The van der Waals surface area contributed by atoms with Gasteiger partial charge in [-0.05, 0) is 24.3 Å². The van der Waals surface area contributed by atoms with Crippen LogP contribution in [-0.4, -0.2) is 34.9 Å². The van der Waals surface area contributed by atoms with Gasteiger partial charge in [-0.3, -0.25) is 24.1 Å². The minimum absolute atomic E-state index is 0.142. The Morgan fingerprint density at radius 3 is 2.52 bits per heavy atom. The molecular formula is C21H17N3O5. The number of imide groups is 1. The third kappa shape index (κ3) is 3.18. The smallest absolute Gasteiger partial charge is 0.315 e. The second kappa shape index (κ2) is 7.31. The van der Waals surface area contributed by atoms with Crippen LogP contribution >= 0.6 is 0 Å². The number of fused-ring (bicyclic) bond motifs is 1. The standard InChI is InChI=1S/C21H17N3O5/c1-29-21(28)17(18-19(26)23-15-10-6-5-9-14(15)22-18)13-11-16(25)24(20(13)27)12-7-3-2-4-8-12/h2-10,13,17H,11H2,1H3,(H,23,26). The molecule has 1 aliphatic heterocycles. The zero-order valence-corrected chi connectivity index (χ0v) is 15.5. The molecule has 1 N–H and O–H groups in total. The quantitative estimate of drug-likeness (QED) is 0.536. The van der Waals surface area contributed by atoms with Crippen LogP contribution in [0, 0.1) is 5.92 Å². The number of hydrogen-bond donors (Lipinski definition) is 1. The fourth-order valence-corrected chi connectivity index (χ4v) is 3.61. The Hall–Kier alpha value is -3.81. The number of methoxy groups -OCH3 is 1. The minimum Gasteiger partial charge on any atom is -0.468 e. The number of rotatable bonds is 4. The van der Waals surface area contributed by atoms with Crippen LogP contribution in [0.3, 0.4) is 0 Å². The van der Waals surface area contributed by atoms with E-state index in [2.05, 4.69) is 9.97 Å². The Morgan fingerprint density at radius 2 is 1.79 bits per heavy atom. The average molecular weight is 391 g/mol. The number of nitrogens with zero attached hydrogens (tertiary/aromatic N) is 2. The van der Waals surface area contributed by atoms with Crippen LogP contribution in [0.5, 0.6) is 0 Å². The van der Waals surface area contributed by atoms with Crippen molar-refractivity contribution in [1.29, 1.82) is 0 Å². The van der Waals surface area contributed by atoms with E-state index in [1.165, 1.54) is 7.11 Å². The summed E-state index contributed by atoms with van der Waals surface area (Å²) in [5, 5.41) is 0. The second-order valence-corrected chi connectivity index (χ2v) is 6.68. The van der Waals surface area contributed by atoms with E-state index in [-0.39, 0.29) is 12.1 Å². The summed E-state index contributed by atoms with van der Waals surface area (Å²) in [6, 6.07) is 15.3. The number of carbonyl (C=O) groups is 3. The molecule has 8 heteroatoms. The van der Waals surface area contributed by atoms with Crippen molar-refractivity contribution in [3.05, 3.63) is 70.6 Å². The van der Waals surface area contributed by atoms with E-state index in [4.69, 9.17) is 4.74 Å². The maximum Gasteiger partial charge on any atom is 0.315 e. The van der Waals surface area contributed by atoms with E-state index in [1.54, 1.807) is 54.6 Å². The summed E-state index contributed by atoms with van der Waals surface area (Å²) < 4.78 is 4.86. The molecule has 2 amide bonds. The molecule has 1 saturated heterocycles.